The molecule has 1 aliphatic rings. The third-order valence-electron chi connectivity index (χ3n) is 4.06. The van der Waals surface area contributed by atoms with Gasteiger partial charge in [-0.05, 0) is 43.5 Å². The number of likely N-dealkylation sites (tertiary alicyclic amines) is 1. The zero-order valence-corrected chi connectivity index (χ0v) is 12.3. The van der Waals surface area contributed by atoms with Gasteiger partial charge < -0.3 is 5.11 Å². The van der Waals surface area contributed by atoms with Crippen LogP contribution < -0.4 is 0 Å². The van der Waals surface area contributed by atoms with E-state index < -0.39 is 11.6 Å². The van der Waals surface area contributed by atoms with Crippen molar-refractivity contribution in [3.63, 3.8) is 0 Å². The summed E-state index contributed by atoms with van der Waals surface area (Å²) < 4.78 is 28.8. The number of piperidine rings is 1. The van der Waals surface area contributed by atoms with Gasteiger partial charge in [-0.15, -0.1) is 0 Å². The molecule has 1 fully saturated rings. The van der Waals surface area contributed by atoms with Crippen molar-refractivity contribution in [2.75, 3.05) is 19.7 Å². The fourth-order valence-corrected chi connectivity index (χ4v) is 2.95. The summed E-state index contributed by atoms with van der Waals surface area (Å²) in [6.07, 6.45) is 3.67. The molecule has 0 saturated carbocycles. The number of para-hydroxylation sites is 1. The predicted molar refractivity (Wildman–Crippen MR) is 78.6 cm³/mol. The summed E-state index contributed by atoms with van der Waals surface area (Å²) in [6, 6.07) is 5.54. The van der Waals surface area contributed by atoms with E-state index in [-0.39, 0.29) is 12.3 Å². The highest BCUT2D eigenvalue weighted by atomic mass is 19.1. The van der Waals surface area contributed by atoms with Crippen LogP contribution in [0, 0.1) is 17.6 Å². The SMILES string of the molecule is OC[C@@H]1CCCN(Cc2ccn(-c3c(F)cccc3F)n2)C1. The molecular weight excluding hydrogens is 288 g/mol. The van der Waals surface area contributed by atoms with Gasteiger partial charge in [-0.25, -0.2) is 13.5 Å². The van der Waals surface area contributed by atoms with Crippen LogP contribution in [0.25, 0.3) is 5.69 Å². The molecule has 0 amide bonds. The minimum absolute atomic E-state index is 0.152. The van der Waals surface area contributed by atoms with Crippen LogP contribution in [-0.4, -0.2) is 39.5 Å². The lowest BCUT2D eigenvalue weighted by Crippen LogP contribution is -2.36. The van der Waals surface area contributed by atoms with Crippen molar-refractivity contribution in [2.24, 2.45) is 5.92 Å². The average molecular weight is 307 g/mol. The van der Waals surface area contributed by atoms with E-state index in [0.29, 0.717) is 12.5 Å². The predicted octanol–water partition coefficient (Wildman–Crippen LogP) is 2.35. The second kappa shape index (κ2) is 6.54. The summed E-state index contributed by atoms with van der Waals surface area (Å²) in [5.74, 6) is -0.958. The Morgan fingerprint density at radius 1 is 1.23 bits per heavy atom. The summed E-state index contributed by atoms with van der Waals surface area (Å²) in [5, 5.41) is 13.5. The molecule has 118 valence electrons. The van der Waals surface area contributed by atoms with Crippen molar-refractivity contribution in [3.05, 3.63) is 47.8 Å². The Labute approximate surface area is 128 Å². The van der Waals surface area contributed by atoms with Gasteiger partial charge >= 0.3 is 0 Å². The third-order valence-corrected chi connectivity index (χ3v) is 4.06. The molecule has 0 bridgehead atoms. The Morgan fingerprint density at radius 3 is 2.73 bits per heavy atom. The van der Waals surface area contributed by atoms with E-state index in [2.05, 4.69) is 10.00 Å². The van der Waals surface area contributed by atoms with Crippen molar-refractivity contribution in [1.82, 2.24) is 14.7 Å². The first-order chi connectivity index (χ1) is 10.7. The monoisotopic (exact) mass is 307 g/mol. The minimum atomic E-state index is -0.632. The highest BCUT2D eigenvalue weighted by molar-refractivity contribution is 5.34. The van der Waals surface area contributed by atoms with Gasteiger partial charge in [-0.3, -0.25) is 4.90 Å². The first-order valence-corrected chi connectivity index (χ1v) is 7.49. The maximum Gasteiger partial charge on any atom is 0.151 e. The number of nitrogens with zero attached hydrogens (tertiary/aromatic N) is 3. The average Bonchev–Trinajstić information content (AvgIpc) is 2.95. The van der Waals surface area contributed by atoms with Crippen LogP contribution in [0.5, 0.6) is 0 Å². The number of aliphatic hydroxyl groups is 1. The quantitative estimate of drug-likeness (QED) is 0.943. The van der Waals surface area contributed by atoms with Crippen LogP contribution in [0.1, 0.15) is 18.5 Å². The van der Waals surface area contributed by atoms with Gasteiger partial charge in [0.2, 0.25) is 0 Å². The molecule has 1 aromatic heterocycles. The van der Waals surface area contributed by atoms with E-state index in [0.717, 1.165) is 31.6 Å². The molecule has 1 aromatic carbocycles. The van der Waals surface area contributed by atoms with Gasteiger partial charge in [0.25, 0.3) is 0 Å². The second-order valence-corrected chi connectivity index (χ2v) is 5.75. The van der Waals surface area contributed by atoms with Crippen molar-refractivity contribution in [2.45, 2.75) is 19.4 Å². The lowest BCUT2D eigenvalue weighted by Gasteiger charge is -2.31. The summed E-state index contributed by atoms with van der Waals surface area (Å²) >= 11 is 0. The van der Waals surface area contributed by atoms with Crippen molar-refractivity contribution >= 4 is 0 Å². The van der Waals surface area contributed by atoms with Gasteiger partial charge in [-0.1, -0.05) is 6.07 Å². The van der Waals surface area contributed by atoms with E-state index in [1.165, 1.54) is 22.9 Å². The highest BCUT2D eigenvalue weighted by Gasteiger charge is 2.20. The molecule has 1 atom stereocenters. The molecular formula is C16H19F2N3O. The van der Waals surface area contributed by atoms with Gasteiger partial charge in [0, 0.05) is 25.9 Å². The Kier molecular flexibility index (Phi) is 4.49. The molecule has 2 heterocycles. The number of hydrogen-bond donors (Lipinski definition) is 1. The number of hydrogen-bond acceptors (Lipinski definition) is 3. The van der Waals surface area contributed by atoms with E-state index in [1.807, 2.05) is 0 Å². The Hall–Kier alpha value is -1.79. The van der Waals surface area contributed by atoms with Crippen LogP contribution in [0.2, 0.25) is 0 Å². The third kappa shape index (κ3) is 3.18. The van der Waals surface area contributed by atoms with E-state index in [9.17, 15) is 13.9 Å². The lowest BCUT2D eigenvalue weighted by atomic mass is 9.99. The number of halogens is 2. The van der Waals surface area contributed by atoms with Crippen LogP contribution in [-0.2, 0) is 6.54 Å². The van der Waals surface area contributed by atoms with Crippen LogP contribution >= 0.6 is 0 Å². The largest absolute Gasteiger partial charge is 0.396 e. The standard InChI is InChI=1S/C16H19F2N3O/c17-14-4-1-5-15(18)16(14)21-8-6-13(19-21)10-20-7-2-3-12(9-20)11-22/h1,4-6,8,12,22H,2-3,7,9-11H2/t12-/m1/s1. The molecule has 1 N–H and O–H groups in total. The second-order valence-electron chi connectivity index (χ2n) is 5.75. The van der Waals surface area contributed by atoms with Crippen molar-refractivity contribution in [1.29, 1.82) is 0 Å². The highest BCUT2D eigenvalue weighted by Crippen LogP contribution is 2.19. The normalized spacial score (nSPS) is 19.5. The summed E-state index contributed by atoms with van der Waals surface area (Å²) in [6.45, 7) is 2.61. The fraction of sp³-hybridized carbons (Fsp3) is 0.438. The molecule has 0 aliphatic carbocycles. The number of benzene rings is 1. The maximum atomic E-state index is 13.8. The molecule has 0 unspecified atom stereocenters. The Bertz CT molecular complexity index is 624. The smallest absolute Gasteiger partial charge is 0.151 e. The molecule has 2 aromatic rings. The Morgan fingerprint density at radius 2 is 2.00 bits per heavy atom. The van der Waals surface area contributed by atoms with Gasteiger partial charge in [0.05, 0.1) is 5.69 Å². The molecule has 1 saturated heterocycles. The molecule has 0 radical (unpaired) electrons. The first-order valence-electron chi connectivity index (χ1n) is 7.49. The zero-order chi connectivity index (χ0) is 15.5. The van der Waals surface area contributed by atoms with Crippen LogP contribution in [0.3, 0.4) is 0 Å². The van der Waals surface area contributed by atoms with Gasteiger partial charge in [-0.2, -0.15) is 5.10 Å². The molecule has 6 heteroatoms. The molecule has 1 aliphatic heterocycles. The van der Waals surface area contributed by atoms with Crippen molar-refractivity contribution < 1.29 is 13.9 Å². The number of aromatic nitrogens is 2. The maximum absolute atomic E-state index is 13.8. The minimum Gasteiger partial charge on any atom is -0.396 e. The van der Waals surface area contributed by atoms with E-state index >= 15 is 0 Å². The first kappa shape index (κ1) is 15.1. The van der Waals surface area contributed by atoms with Gasteiger partial charge in [0.1, 0.15) is 5.69 Å². The Balaban J connectivity index is 1.74. The molecule has 0 spiro atoms. The summed E-state index contributed by atoms with van der Waals surface area (Å²) in [7, 11) is 0. The lowest BCUT2D eigenvalue weighted by molar-refractivity contribution is 0.115. The molecule has 4 nitrogen and oxygen atoms in total. The summed E-state index contributed by atoms with van der Waals surface area (Å²) in [5.41, 5.74) is 0.613. The zero-order valence-electron chi connectivity index (χ0n) is 12.3. The van der Waals surface area contributed by atoms with Crippen molar-refractivity contribution in [3.8, 4) is 5.69 Å². The van der Waals surface area contributed by atoms with Crippen LogP contribution in [0.15, 0.2) is 30.5 Å². The summed E-state index contributed by atoms with van der Waals surface area (Å²) in [4.78, 5) is 2.22. The number of rotatable bonds is 4. The fourth-order valence-electron chi connectivity index (χ4n) is 2.95. The number of aliphatic hydroxyl groups excluding tert-OH is 1. The molecule has 22 heavy (non-hydrogen) atoms. The van der Waals surface area contributed by atoms with E-state index in [1.54, 1.807) is 12.3 Å². The molecule has 3 rings (SSSR count). The van der Waals surface area contributed by atoms with E-state index in [4.69, 9.17) is 0 Å². The topological polar surface area (TPSA) is 41.3 Å². The van der Waals surface area contributed by atoms with Crippen LogP contribution in [0.4, 0.5) is 8.78 Å². The van der Waals surface area contributed by atoms with Gasteiger partial charge in [0.15, 0.2) is 11.6 Å².